The summed E-state index contributed by atoms with van der Waals surface area (Å²) in [6, 6.07) is 8.25. The number of aromatic carboxylic acids is 1. The minimum Gasteiger partial charge on any atom is -0.476 e. The van der Waals surface area contributed by atoms with E-state index in [0.29, 0.717) is 5.56 Å². The number of imidazole rings is 1. The zero-order chi connectivity index (χ0) is 14.0. The summed E-state index contributed by atoms with van der Waals surface area (Å²) in [6.45, 7) is 1.73. The first-order chi connectivity index (χ1) is 9.04. The van der Waals surface area contributed by atoms with Crippen molar-refractivity contribution in [1.82, 2.24) is 9.55 Å². The van der Waals surface area contributed by atoms with E-state index in [1.165, 1.54) is 4.57 Å². The van der Waals surface area contributed by atoms with Crippen LogP contribution in [-0.4, -0.2) is 20.6 Å². The number of halogens is 1. The van der Waals surface area contributed by atoms with Crippen molar-refractivity contribution in [3.8, 4) is 6.07 Å². The molecule has 1 N–H and O–H groups in total. The molecule has 1 aromatic carbocycles. The third-order valence-corrected chi connectivity index (χ3v) is 2.89. The van der Waals surface area contributed by atoms with Gasteiger partial charge in [0.15, 0.2) is 5.69 Å². The van der Waals surface area contributed by atoms with Gasteiger partial charge in [0.25, 0.3) is 0 Å². The molecule has 0 aliphatic rings. The minimum atomic E-state index is -1.37. The number of rotatable bonds is 3. The highest BCUT2D eigenvalue weighted by molar-refractivity contribution is 5.85. The van der Waals surface area contributed by atoms with Crippen LogP contribution in [0.1, 0.15) is 34.6 Å². The Balaban J connectivity index is 2.41. The van der Waals surface area contributed by atoms with E-state index in [4.69, 9.17) is 10.4 Å². The molecule has 0 saturated heterocycles. The van der Waals surface area contributed by atoms with E-state index in [1.54, 1.807) is 31.2 Å². The van der Waals surface area contributed by atoms with Crippen LogP contribution < -0.4 is 0 Å². The highest BCUT2D eigenvalue weighted by Crippen LogP contribution is 2.21. The Bertz CT molecular complexity index is 656. The maximum atomic E-state index is 13.3. The number of carboxylic acid groups (broad SMARTS) is 1. The number of carbonyl (C=O) groups is 1. The number of nitrogens with zero attached hydrogens (tertiary/aromatic N) is 3. The quantitative estimate of drug-likeness (QED) is 0.916. The van der Waals surface area contributed by atoms with E-state index in [0.717, 1.165) is 11.9 Å². The third kappa shape index (κ3) is 2.31. The Kier molecular flexibility index (Phi) is 3.29. The number of carboxylic acids is 1. The van der Waals surface area contributed by atoms with Gasteiger partial charge in [-0.1, -0.05) is 12.1 Å². The van der Waals surface area contributed by atoms with E-state index >= 15 is 0 Å². The van der Waals surface area contributed by atoms with Crippen LogP contribution in [0, 0.1) is 17.3 Å². The molecule has 0 aliphatic heterocycles. The Morgan fingerprint density at radius 1 is 1.47 bits per heavy atom. The topological polar surface area (TPSA) is 78.9 Å². The second kappa shape index (κ2) is 4.90. The van der Waals surface area contributed by atoms with Crippen LogP contribution in [0.25, 0.3) is 0 Å². The van der Waals surface area contributed by atoms with Gasteiger partial charge in [-0.3, -0.25) is 0 Å². The van der Waals surface area contributed by atoms with Gasteiger partial charge >= 0.3 is 5.97 Å². The number of hydrogen-bond acceptors (Lipinski definition) is 3. The molecule has 0 unspecified atom stereocenters. The normalized spacial score (nSPS) is 11.8. The minimum absolute atomic E-state index is 0.393. The summed E-state index contributed by atoms with van der Waals surface area (Å²) in [5.41, 5.74) is 0.793. The molecule has 0 radical (unpaired) electrons. The SMILES string of the molecule is C[C@H](c1ccc(C#N)cc1)n1cnc(F)c1C(=O)O. The third-order valence-electron chi connectivity index (χ3n) is 2.89. The second-order valence-corrected chi connectivity index (χ2v) is 4.01. The van der Waals surface area contributed by atoms with Gasteiger partial charge in [-0.15, -0.1) is 0 Å². The van der Waals surface area contributed by atoms with Crippen molar-refractivity contribution in [3.63, 3.8) is 0 Å². The van der Waals surface area contributed by atoms with Gasteiger partial charge < -0.3 is 9.67 Å². The van der Waals surface area contributed by atoms with E-state index in [2.05, 4.69) is 4.98 Å². The summed E-state index contributed by atoms with van der Waals surface area (Å²) in [7, 11) is 0. The molecule has 19 heavy (non-hydrogen) atoms. The number of hydrogen-bond donors (Lipinski definition) is 1. The Morgan fingerprint density at radius 2 is 2.11 bits per heavy atom. The second-order valence-electron chi connectivity index (χ2n) is 4.01. The largest absolute Gasteiger partial charge is 0.476 e. The molecular formula is C13H10FN3O2. The van der Waals surface area contributed by atoms with Crippen LogP contribution in [0.5, 0.6) is 0 Å². The molecule has 1 aromatic heterocycles. The monoisotopic (exact) mass is 259 g/mol. The molecule has 0 spiro atoms. The van der Waals surface area contributed by atoms with E-state index in [1.807, 2.05) is 6.07 Å². The Morgan fingerprint density at radius 3 is 2.63 bits per heavy atom. The standard InChI is InChI=1S/C13H10FN3O2/c1-8(10-4-2-9(6-15)3-5-10)17-7-16-12(14)11(17)13(18)19/h2-5,7-8H,1H3,(H,18,19)/t8-/m1/s1. The lowest BCUT2D eigenvalue weighted by Crippen LogP contribution is -2.14. The van der Waals surface area contributed by atoms with E-state index < -0.39 is 23.7 Å². The summed E-state index contributed by atoms with van der Waals surface area (Å²) in [6.07, 6.45) is 1.15. The van der Waals surface area contributed by atoms with Crippen molar-refractivity contribution in [1.29, 1.82) is 5.26 Å². The van der Waals surface area contributed by atoms with Gasteiger partial charge in [0, 0.05) is 0 Å². The maximum absolute atomic E-state index is 13.3. The molecule has 0 bridgehead atoms. The van der Waals surface area contributed by atoms with Crippen LogP contribution in [-0.2, 0) is 0 Å². The molecule has 0 saturated carbocycles. The van der Waals surface area contributed by atoms with Gasteiger partial charge in [0.1, 0.15) is 0 Å². The first-order valence-corrected chi connectivity index (χ1v) is 5.50. The fraction of sp³-hybridized carbons (Fsp3) is 0.154. The Hall–Kier alpha value is -2.68. The summed E-state index contributed by atoms with van der Waals surface area (Å²) in [5, 5.41) is 17.7. The zero-order valence-corrected chi connectivity index (χ0v) is 10.0. The lowest BCUT2D eigenvalue weighted by molar-refractivity contribution is 0.0678. The van der Waals surface area contributed by atoms with Gasteiger partial charge in [0.2, 0.25) is 5.95 Å². The zero-order valence-electron chi connectivity index (χ0n) is 10.0. The molecule has 0 aliphatic carbocycles. The lowest BCUT2D eigenvalue weighted by atomic mass is 10.1. The van der Waals surface area contributed by atoms with Gasteiger partial charge in [-0.25, -0.2) is 9.78 Å². The smallest absolute Gasteiger partial charge is 0.357 e. The Labute approximate surface area is 108 Å². The molecule has 1 heterocycles. The van der Waals surface area contributed by atoms with Crippen LogP contribution in [0.15, 0.2) is 30.6 Å². The first-order valence-electron chi connectivity index (χ1n) is 5.50. The van der Waals surface area contributed by atoms with Crippen molar-refractivity contribution < 1.29 is 14.3 Å². The van der Waals surface area contributed by atoms with Crippen LogP contribution in [0.3, 0.4) is 0 Å². The summed E-state index contributed by atoms with van der Waals surface area (Å²) in [4.78, 5) is 14.4. The molecule has 2 aromatic rings. The van der Waals surface area contributed by atoms with E-state index in [9.17, 15) is 9.18 Å². The average Bonchev–Trinajstić information content (AvgIpc) is 2.80. The molecule has 6 heteroatoms. The molecule has 0 fully saturated rings. The van der Waals surface area contributed by atoms with Crippen LogP contribution in [0.2, 0.25) is 0 Å². The number of benzene rings is 1. The molecule has 0 amide bonds. The van der Waals surface area contributed by atoms with Crippen LogP contribution >= 0.6 is 0 Å². The van der Waals surface area contributed by atoms with Gasteiger partial charge in [-0.05, 0) is 24.6 Å². The number of aromatic nitrogens is 2. The summed E-state index contributed by atoms with van der Waals surface area (Å²) < 4.78 is 14.5. The molecule has 1 atom stereocenters. The molecular weight excluding hydrogens is 249 g/mol. The van der Waals surface area contributed by atoms with Crippen molar-refractivity contribution in [2.24, 2.45) is 0 Å². The molecule has 96 valence electrons. The number of nitriles is 1. The van der Waals surface area contributed by atoms with E-state index in [-0.39, 0.29) is 0 Å². The average molecular weight is 259 g/mol. The predicted octanol–water partition coefficient (Wildman–Crippen LogP) is 2.20. The lowest BCUT2D eigenvalue weighted by Gasteiger charge is -2.15. The van der Waals surface area contributed by atoms with Gasteiger partial charge in [0.05, 0.1) is 24.0 Å². The maximum Gasteiger partial charge on any atom is 0.357 e. The molecule has 2 rings (SSSR count). The highest BCUT2D eigenvalue weighted by atomic mass is 19.1. The van der Waals surface area contributed by atoms with Gasteiger partial charge in [-0.2, -0.15) is 9.65 Å². The van der Waals surface area contributed by atoms with Crippen molar-refractivity contribution in [2.45, 2.75) is 13.0 Å². The highest BCUT2D eigenvalue weighted by Gasteiger charge is 2.21. The van der Waals surface area contributed by atoms with Crippen LogP contribution in [0.4, 0.5) is 4.39 Å². The predicted molar refractivity (Wildman–Crippen MR) is 64.1 cm³/mol. The fourth-order valence-electron chi connectivity index (χ4n) is 1.83. The van der Waals surface area contributed by atoms with Crippen molar-refractivity contribution >= 4 is 5.97 Å². The summed E-state index contributed by atoms with van der Waals surface area (Å²) >= 11 is 0. The van der Waals surface area contributed by atoms with Crippen molar-refractivity contribution in [2.75, 3.05) is 0 Å². The fourth-order valence-corrected chi connectivity index (χ4v) is 1.83. The van der Waals surface area contributed by atoms with Crippen molar-refractivity contribution in [3.05, 3.63) is 53.4 Å². The molecule has 5 nitrogen and oxygen atoms in total. The first kappa shape index (κ1) is 12.8. The summed E-state index contributed by atoms with van der Waals surface area (Å²) in [5.74, 6) is -2.37.